The Bertz CT molecular complexity index is 546. The number of hydrogen-bond donors (Lipinski definition) is 2. The summed E-state index contributed by atoms with van der Waals surface area (Å²) in [4.78, 5) is 12.3. The zero-order valence-corrected chi connectivity index (χ0v) is 10.8. The van der Waals surface area contributed by atoms with Gasteiger partial charge in [-0.05, 0) is 24.0 Å². The number of rotatable bonds is 3. The van der Waals surface area contributed by atoms with Gasteiger partial charge >= 0.3 is 5.97 Å². The molecule has 0 atom stereocenters. The molecular weight excluding hydrogens is 254 g/mol. The zero-order valence-electron chi connectivity index (χ0n) is 9.14. The summed E-state index contributed by atoms with van der Waals surface area (Å²) in [6.07, 6.45) is 2.00. The molecule has 5 heteroatoms. The van der Waals surface area contributed by atoms with Gasteiger partial charge < -0.3 is 10.8 Å². The summed E-state index contributed by atoms with van der Waals surface area (Å²) in [6.45, 7) is 0. The van der Waals surface area contributed by atoms with Crippen molar-refractivity contribution in [2.45, 2.75) is 4.90 Å². The van der Waals surface area contributed by atoms with Gasteiger partial charge in [-0.25, -0.2) is 4.79 Å². The van der Waals surface area contributed by atoms with E-state index in [9.17, 15) is 4.79 Å². The molecular formula is C12H11NO2S2. The van der Waals surface area contributed by atoms with Crippen molar-refractivity contribution in [3.05, 3.63) is 35.2 Å². The smallest absolute Gasteiger partial charge is 0.339 e. The van der Waals surface area contributed by atoms with Crippen molar-refractivity contribution in [1.82, 2.24) is 0 Å². The van der Waals surface area contributed by atoms with Crippen molar-refractivity contribution in [1.29, 1.82) is 0 Å². The second-order valence-corrected chi connectivity index (χ2v) is 5.21. The van der Waals surface area contributed by atoms with Gasteiger partial charge in [-0.2, -0.15) is 0 Å². The number of anilines is 1. The molecule has 3 nitrogen and oxygen atoms in total. The highest BCUT2D eigenvalue weighted by Gasteiger charge is 2.17. The maximum atomic E-state index is 11.1. The van der Waals surface area contributed by atoms with E-state index in [1.807, 2.05) is 30.5 Å². The summed E-state index contributed by atoms with van der Waals surface area (Å²) >= 11 is 2.91. The summed E-state index contributed by atoms with van der Waals surface area (Å²) in [5.41, 5.74) is 7.44. The van der Waals surface area contributed by atoms with Crippen LogP contribution in [0.2, 0.25) is 0 Å². The Morgan fingerprint density at radius 3 is 2.53 bits per heavy atom. The average Bonchev–Trinajstić information content (AvgIpc) is 2.71. The largest absolute Gasteiger partial charge is 0.478 e. The summed E-state index contributed by atoms with van der Waals surface area (Å²) in [7, 11) is 0. The van der Waals surface area contributed by atoms with Gasteiger partial charge in [0.05, 0.1) is 0 Å². The third-order valence-corrected chi connectivity index (χ3v) is 3.99. The molecule has 0 bridgehead atoms. The van der Waals surface area contributed by atoms with Gasteiger partial charge in [0.25, 0.3) is 0 Å². The second-order valence-electron chi connectivity index (χ2n) is 3.42. The first-order chi connectivity index (χ1) is 8.13. The van der Waals surface area contributed by atoms with Crippen LogP contribution < -0.4 is 5.73 Å². The van der Waals surface area contributed by atoms with E-state index >= 15 is 0 Å². The number of carboxylic acid groups (broad SMARTS) is 1. The van der Waals surface area contributed by atoms with Crippen LogP contribution in [0.25, 0.3) is 11.1 Å². The van der Waals surface area contributed by atoms with E-state index in [-0.39, 0.29) is 5.56 Å². The van der Waals surface area contributed by atoms with E-state index in [1.54, 1.807) is 17.1 Å². The average molecular weight is 265 g/mol. The molecule has 0 fully saturated rings. The minimum absolute atomic E-state index is 0.201. The highest BCUT2D eigenvalue weighted by molar-refractivity contribution is 7.98. The van der Waals surface area contributed by atoms with E-state index in [0.717, 1.165) is 10.5 Å². The first-order valence-electron chi connectivity index (χ1n) is 4.88. The highest BCUT2D eigenvalue weighted by Crippen LogP contribution is 2.34. The highest BCUT2D eigenvalue weighted by atomic mass is 32.2. The van der Waals surface area contributed by atoms with Crippen LogP contribution in [-0.4, -0.2) is 17.3 Å². The van der Waals surface area contributed by atoms with E-state index in [2.05, 4.69) is 0 Å². The summed E-state index contributed by atoms with van der Waals surface area (Å²) < 4.78 is 0. The first kappa shape index (κ1) is 12.0. The lowest BCUT2D eigenvalue weighted by molar-refractivity contribution is 0.0699. The van der Waals surface area contributed by atoms with Gasteiger partial charge in [-0.1, -0.05) is 12.1 Å². The SMILES string of the molecule is CSc1ccc(-c2csc(N)c2C(=O)O)cc1. The number of carbonyl (C=O) groups is 1. The number of thiophene rings is 1. The van der Waals surface area contributed by atoms with Crippen molar-refractivity contribution in [3.8, 4) is 11.1 Å². The Morgan fingerprint density at radius 2 is 2.00 bits per heavy atom. The minimum atomic E-state index is -0.979. The predicted molar refractivity (Wildman–Crippen MR) is 72.9 cm³/mol. The van der Waals surface area contributed by atoms with Crippen LogP contribution >= 0.6 is 23.1 Å². The van der Waals surface area contributed by atoms with E-state index in [4.69, 9.17) is 10.8 Å². The van der Waals surface area contributed by atoms with Crippen LogP contribution in [-0.2, 0) is 0 Å². The van der Waals surface area contributed by atoms with Crippen molar-refractivity contribution >= 4 is 34.1 Å². The third-order valence-electron chi connectivity index (χ3n) is 2.43. The van der Waals surface area contributed by atoms with Crippen LogP contribution in [0.1, 0.15) is 10.4 Å². The molecule has 3 N–H and O–H groups in total. The standard InChI is InChI=1S/C12H11NO2S2/c1-16-8-4-2-7(3-5-8)9-6-17-11(13)10(9)12(14)15/h2-6H,13H2,1H3,(H,14,15). The number of thioether (sulfide) groups is 1. The molecule has 1 aromatic heterocycles. The van der Waals surface area contributed by atoms with Crippen LogP contribution in [0.4, 0.5) is 5.00 Å². The molecule has 0 aliphatic rings. The van der Waals surface area contributed by atoms with Crippen molar-refractivity contribution in [3.63, 3.8) is 0 Å². The maximum Gasteiger partial charge on any atom is 0.339 e. The number of aromatic carboxylic acids is 1. The monoisotopic (exact) mass is 265 g/mol. The molecule has 17 heavy (non-hydrogen) atoms. The van der Waals surface area contributed by atoms with Gasteiger partial charge in [0.15, 0.2) is 0 Å². The molecule has 1 aromatic carbocycles. The van der Waals surface area contributed by atoms with Gasteiger partial charge in [-0.3, -0.25) is 0 Å². The Morgan fingerprint density at radius 1 is 1.35 bits per heavy atom. The van der Waals surface area contributed by atoms with Crippen LogP contribution in [0.15, 0.2) is 34.5 Å². The van der Waals surface area contributed by atoms with Crippen molar-refractivity contribution < 1.29 is 9.90 Å². The Hall–Kier alpha value is -1.46. The van der Waals surface area contributed by atoms with Crippen molar-refractivity contribution in [2.24, 2.45) is 0 Å². The molecule has 0 unspecified atom stereocenters. The summed E-state index contributed by atoms with van der Waals surface area (Å²) in [6, 6.07) is 7.78. The third kappa shape index (κ3) is 2.30. The molecule has 0 amide bonds. The van der Waals surface area contributed by atoms with Crippen LogP contribution in [0, 0.1) is 0 Å². The van der Waals surface area contributed by atoms with Gasteiger partial charge in [0.1, 0.15) is 10.6 Å². The second kappa shape index (κ2) is 4.81. The summed E-state index contributed by atoms with van der Waals surface area (Å²) in [5, 5.41) is 11.3. The molecule has 0 aliphatic carbocycles. The molecule has 1 heterocycles. The summed E-state index contributed by atoms with van der Waals surface area (Å²) in [5.74, 6) is -0.979. The molecule has 2 rings (SSSR count). The number of carboxylic acids is 1. The Labute approximate surface area is 107 Å². The Balaban J connectivity index is 2.49. The molecule has 0 saturated carbocycles. The lowest BCUT2D eigenvalue weighted by atomic mass is 10.0. The topological polar surface area (TPSA) is 63.3 Å². The fourth-order valence-corrected chi connectivity index (χ4v) is 2.80. The zero-order chi connectivity index (χ0) is 12.4. The minimum Gasteiger partial charge on any atom is -0.478 e. The lowest BCUT2D eigenvalue weighted by Crippen LogP contribution is -2.00. The number of hydrogen-bond acceptors (Lipinski definition) is 4. The predicted octanol–water partition coefficient (Wildman–Crippen LogP) is 3.42. The Kier molecular flexibility index (Phi) is 3.40. The molecule has 0 radical (unpaired) electrons. The molecule has 2 aromatic rings. The van der Waals surface area contributed by atoms with E-state index < -0.39 is 5.97 Å². The fraction of sp³-hybridized carbons (Fsp3) is 0.0833. The normalized spacial score (nSPS) is 10.4. The van der Waals surface area contributed by atoms with Crippen LogP contribution in [0.3, 0.4) is 0 Å². The molecule has 0 saturated heterocycles. The molecule has 0 spiro atoms. The van der Waals surface area contributed by atoms with Gasteiger partial charge in [-0.15, -0.1) is 23.1 Å². The molecule has 88 valence electrons. The maximum absolute atomic E-state index is 11.1. The van der Waals surface area contributed by atoms with Gasteiger partial charge in [0.2, 0.25) is 0 Å². The van der Waals surface area contributed by atoms with Gasteiger partial charge in [0, 0.05) is 15.8 Å². The lowest BCUT2D eigenvalue weighted by Gasteiger charge is -2.02. The van der Waals surface area contributed by atoms with Crippen molar-refractivity contribution in [2.75, 3.05) is 12.0 Å². The van der Waals surface area contributed by atoms with E-state index in [0.29, 0.717) is 10.6 Å². The fourth-order valence-electron chi connectivity index (χ4n) is 1.58. The number of nitrogens with two attached hydrogens (primary N) is 1. The number of benzene rings is 1. The van der Waals surface area contributed by atoms with Crippen LogP contribution in [0.5, 0.6) is 0 Å². The number of nitrogen functional groups attached to an aromatic ring is 1. The van der Waals surface area contributed by atoms with E-state index in [1.165, 1.54) is 11.3 Å². The first-order valence-corrected chi connectivity index (χ1v) is 6.98. The molecule has 0 aliphatic heterocycles. The quantitative estimate of drug-likeness (QED) is 0.835.